The summed E-state index contributed by atoms with van der Waals surface area (Å²) < 4.78 is 10.6. The molecule has 0 saturated carbocycles. The lowest BCUT2D eigenvalue weighted by Crippen LogP contribution is -2.36. The number of aliphatic hydroxyl groups is 2. The second-order valence-electron chi connectivity index (χ2n) is 7.61. The average molecular weight is 454 g/mol. The van der Waals surface area contributed by atoms with Crippen LogP contribution in [0.2, 0.25) is 5.02 Å². The number of ether oxygens (including phenoxy) is 2. The molecule has 0 aliphatic heterocycles. The zero-order valence-electron chi connectivity index (χ0n) is 17.5. The zero-order chi connectivity index (χ0) is 22.7. The number of alkyl carbamates (subject to hydrolysis) is 1. The van der Waals surface area contributed by atoms with Crippen molar-refractivity contribution in [3.63, 3.8) is 0 Å². The minimum Gasteiger partial charge on any atom is -0.497 e. The van der Waals surface area contributed by atoms with Crippen molar-refractivity contribution in [1.82, 2.24) is 5.32 Å². The highest BCUT2D eigenvalue weighted by atomic mass is 35.5. The lowest BCUT2D eigenvalue weighted by Gasteiger charge is -2.20. The molecular weight excluding hydrogens is 430 g/mol. The van der Waals surface area contributed by atoms with Gasteiger partial charge in [-0.1, -0.05) is 60.1 Å². The van der Waals surface area contributed by atoms with Crippen LogP contribution in [0.1, 0.15) is 28.7 Å². The van der Waals surface area contributed by atoms with Crippen molar-refractivity contribution in [1.29, 1.82) is 0 Å². The number of fused-ring (bicyclic) bond motifs is 3. The standard InChI is InChI=1S/C25H24ClNO5/c1-31-15-10-11-22(26)20(12-15)24(29)23(28)13-27-25(30)32-14-21-18-8-4-2-6-16(18)17-7-3-5-9-19(17)21/h2-12,21,23-24,28-29H,13-14H2,1H3,(H,27,30). The normalized spacial score (nSPS) is 14.2. The Morgan fingerprint density at radius 1 is 1.03 bits per heavy atom. The number of rotatable bonds is 7. The van der Waals surface area contributed by atoms with Gasteiger partial charge in [0.2, 0.25) is 0 Å². The molecule has 0 saturated heterocycles. The first kappa shape index (κ1) is 22.1. The Morgan fingerprint density at radius 2 is 1.66 bits per heavy atom. The van der Waals surface area contributed by atoms with Gasteiger partial charge in [-0.3, -0.25) is 0 Å². The molecular formula is C25H24ClNO5. The van der Waals surface area contributed by atoms with E-state index in [0.717, 1.165) is 22.3 Å². The highest BCUT2D eigenvalue weighted by Gasteiger charge is 2.29. The maximum absolute atomic E-state index is 12.3. The van der Waals surface area contributed by atoms with Crippen LogP contribution in [0, 0.1) is 0 Å². The van der Waals surface area contributed by atoms with Crippen LogP contribution in [-0.2, 0) is 4.74 Å². The molecule has 0 heterocycles. The van der Waals surface area contributed by atoms with E-state index in [1.807, 2.05) is 36.4 Å². The summed E-state index contributed by atoms with van der Waals surface area (Å²) in [5, 5.41) is 23.6. The summed E-state index contributed by atoms with van der Waals surface area (Å²) in [7, 11) is 1.49. The summed E-state index contributed by atoms with van der Waals surface area (Å²) in [6, 6.07) is 20.9. The Balaban J connectivity index is 1.35. The summed E-state index contributed by atoms with van der Waals surface area (Å²) in [4.78, 5) is 12.3. The molecule has 3 aromatic carbocycles. The van der Waals surface area contributed by atoms with Crippen molar-refractivity contribution in [2.75, 3.05) is 20.3 Å². The Hall–Kier alpha value is -3.06. The third-order valence-electron chi connectivity index (χ3n) is 5.69. The molecule has 166 valence electrons. The Morgan fingerprint density at radius 3 is 2.28 bits per heavy atom. The quantitative estimate of drug-likeness (QED) is 0.497. The third-order valence-corrected chi connectivity index (χ3v) is 6.03. The molecule has 1 amide bonds. The van der Waals surface area contributed by atoms with Gasteiger partial charge < -0.3 is 25.0 Å². The number of carbonyl (C=O) groups excluding carboxylic acids is 1. The van der Waals surface area contributed by atoms with Gasteiger partial charge >= 0.3 is 6.09 Å². The van der Waals surface area contributed by atoms with Gasteiger partial charge in [0.05, 0.1) is 7.11 Å². The van der Waals surface area contributed by atoms with E-state index in [2.05, 4.69) is 17.4 Å². The lowest BCUT2D eigenvalue weighted by atomic mass is 9.98. The fourth-order valence-corrected chi connectivity index (χ4v) is 4.26. The van der Waals surface area contributed by atoms with Gasteiger partial charge in [-0.05, 0) is 40.5 Å². The summed E-state index contributed by atoms with van der Waals surface area (Å²) >= 11 is 6.12. The van der Waals surface area contributed by atoms with Crippen LogP contribution < -0.4 is 10.1 Å². The molecule has 0 fully saturated rings. The van der Waals surface area contributed by atoms with Crippen LogP contribution in [0.4, 0.5) is 4.79 Å². The van der Waals surface area contributed by atoms with Gasteiger partial charge in [0, 0.05) is 23.0 Å². The highest BCUT2D eigenvalue weighted by Crippen LogP contribution is 2.44. The molecule has 0 spiro atoms. The molecule has 0 radical (unpaired) electrons. The van der Waals surface area contributed by atoms with E-state index in [1.165, 1.54) is 7.11 Å². The van der Waals surface area contributed by atoms with Crippen molar-refractivity contribution in [2.24, 2.45) is 0 Å². The van der Waals surface area contributed by atoms with Gasteiger partial charge in [0.15, 0.2) is 0 Å². The molecule has 6 nitrogen and oxygen atoms in total. The fraction of sp³-hybridized carbons (Fsp3) is 0.240. The minimum atomic E-state index is -1.30. The maximum atomic E-state index is 12.3. The molecule has 3 N–H and O–H groups in total. The number of hydrogen-bond acceptors (Lipinski definition) is 5. The van der Waals surface area contributed by atoms with Crippen molar-refractivity contribution >= 4 is 17.7 Å². The molecule has 2 unspecified atom stereocenters. The van der Waals surface area contributed by atoms with Crippen LogP contribution in [-0.4, -0.2) is 42.7 Å². The topological polar surface area (TPSA) is 88.0 Å². The van der Waals surface area contributed by atoms with E-state index in [1.54, 1.807) is 18.2 Å². The molecule has 4 rings (SSSR count). The van der Waals surface area contributed by atoms with Gasteiger partial charge in [0.25, 0.3) is 0 Å². The number of aliphatic hydroxyl groups excluding tert-OH is 2. The number of nitrogens with one attached hydrogen (secondary N) is 1. The van der Waals surface area contributed by atoms with Crippen molar-refractivity contribution in [3.05, 3.63) is 88.4 Å². The van der Waals surface area contributed by atoms with Crippen LogP contribution >= 0.6 is 11.6 Å². The molecule has 32 heavy (non-hydrogen) atoms. The van der Waals surface area contributed by atoms with E-state index in [0.29, 0.717) is 16.3 Å². The molecule has 3 aromatic rings. The lowest BCUT2D eigenvalue weighted by molar-refractivity contribution is 0.0185. The Labute approximate surface area is 191 Å². The van der Waals surface area contributed by atoms with Crippen LogP contribution in [0.25, 0.3) is 11.1 Å². The molecule has 1 aliphatic rings. The van der Waals surface area contributed by atoms with Crippen LogP contribution in [0.15, 0.2) is 66.7 Å². The summed E-state index contributed by atoms with van der Waals surface area (Å²) in [5.74, 6) is 0.444. The van der Waals surface area contributed by atoms with Gasteiger partial charge in [0.1, 0.15) is 24.6 Å². The smallest absolute Gasteiger partial charge is 0.407 e. The Kier molecular flexibility index (Phi) is 6.65. The molecule has 0 bridgehead atoms. The van der Waals surface area contributed by atoms with Crippen molar-refractivity contribution in [3.8, 4) is 16.9 Å². The first-order valence-corrected chi connectivity index (χ1v) is 10.7. The fourth-order valence-electron chi connectivity index (χ4n) is 4.03. The Bertz CT molecular complexity index is 1070. The highest BCUT2D eigenvalue weighted by molar-refractivity contribution is 6.31. The largest absolute Gasteiger partial charge is 0.497 e. The maximum Gasteiger partial charge on any atom is 0.407 e. The molecule has 2 atom stereocenters. The SMILES string of the molecule is COc1ccc(Cl)c(C(O)C(O)CNC(=O)OCC2c3ccccc3-c3ccccc32)c1. The van der Waals surface area contributed by atoms with E-state index in [9.17, 15) is 15.0 Å². The van der Waals surface area contributed by atoms with Gasteiger partial charge in [-0.25, -0.2) is 4.79 Å². The number of benzene rings is 3. The summed E-state index contributed by atoms with van der Waals surface area (Å²) in [5.41, 5.74) is 4.83. The molecule has 1 aliphatic carbocycles. The van der Waals surface area contributed by atoms with Gasteiger partial charge in [-0.15, -0.1) is 0 Å². The minimum absolute atomic E-state index is 0.0562. The summed E-state index contributed by atoms with van der Waals surface area (Å²) in [6.07, 6.45) is -3.25. The number of methoxy groups -OCH3 is 1. The third kappa shape index (κ3) is 4.43. The number of halogens is 1. The number of hydrogen-bond donors (Lipinski definition) is 3. The monoisotopic (exact) mass is 453 g/mol. The van der Waals surface area contributed by atoms with Gasteiger partial charge in [-0.2, -0.15) is 0 Å². The second kappa shape index (κ2) is 9.61. The first-order valence-electron chi connectivity index (χ1n) is 10.3. The van der Waals surface area contributed by atoms with E-state index in [4.69, 9.17) is 21.1 Å². The van der Waals surface area contributed by atoms with E-state index >= 15 is 0 Å². The summed E-state index contributed by atoms with van der Waals surface area (Å²) in [6.45, 7) is -0.0361. The molecule has 7 heteroatoms. The number of carbonyl (C=O) groups is 1. The second-order valence-corrected chi connectivity index (χ2v) is 8.01. The average Bonchev–Trinajstić information content (AvgIpc) is 3.14. The van der Waals surface area contributed by atoms with Crippen molar-refractivity contribution < 1.29 is 24.5 Å². The first-order chi connectivity index (χ1) is 15.5. The zero-order valence-corrected chi connectivity index (χ0v) is 18.3. The number of amides is 1. The predicted octanol–water partition coefficient (Wildman–Crippen LogP) is 4.28. The van der Waals surface area contributed by atoms with Crippen LogP contribution in [0.5, 0.6) is 5.75 Å². The van der Waals surface area contributed by atoms with Crippen molar-refractivity contribution in [2.45, 2.75) is 18.1 Å². The van der Waals surface area contributed by atoms with E-state index in [-0.39, 0.29) is 19.1 Å². The predicted molar refractivity (Wildman–Crippen MR) is 122 cm³/mol. The van der Waals surface area contributed by atoms with Crippen LogP contribution in [0.3, 0.4) is 0 Å². The van der Waals surface area contributed by atoms with E-state index < -0.39 is 18.3 Å². The molecule has 0 aromatic heterocycles.